The Balaban J connectivity index is 2.07. The molecule has 9 heteroatoms. The number of benzene rings is 1. The summed E-state index contributed by atoms with van der Waals surface area (Å²) < 4.78 is 15.7. The summed E-state index contributed by atoms with van der Waals surface area (Å²) in [7, 11) is 0. The topological polar surface area (TPSA) is 103 Å². The molecule has 1 atom stereocenters. The first kappa shape index (κ1) is 15.9. The standard InChI is InChI=1S/C15H14FN5O3/c1-3-9-7-13(8(2)22)17-15-18-14(19-20(9)15)11-5-4-10(21(23)24)6-12(11)16/h4-6,9H,3,7H2,1-2H3. The molecule has 0 spiro atoms. The fourth-order valence-corrected chi connectivity index (χ4v) is 2.57. The largest absolute Gasteiger partial charge is 0.293 e. The van der Waals surface area contributed by atoms with Gasteiger partial charge in [0.15, 0.2) is 11.6 Å². The van der Waals surface area contributed by atoms with Gasteiger partial charge in [-0.25, -0.2) is 14.1 Å². The predicted octanol–water partition coefficient (Wildman–Crippen LogP) is 3.01. The van der Waals surface area contributed by atoms with E-state index in [4.69, 9.17) is 0 Å². The molecule has 1 aromatic carbocycles. The number of hydrogen-bond acceptors (Lipinski definition) is 6. The Hall–Kier alpha value is -2.97. The van der Waals surface area contributed by atoms with Crippen LogP contribution in [0.3, 0.4) is 0 Å². The highest BCUT2D eigenvalue weighted by Crippen LogP contribution is 2.32. The van der Waals surface area contributed by atoms with Crippen LogP contribution in [-0.4, -0.2) is 31.2 Å². The summed E-state index contributed by atoms with van der Waals surface area (Å²) in [6, 6.07) is 3.21. The fraction of sp³-hybridized carbons (Fsp3) is 0.333. The summed E-state index contributed by atoms with van der Waals surface area (Å²) in [5.41, 5.74) is 0.123. The molecule has 0 N–H and O–H groups in total. The van der Waals surface area contributed by atoms with Gasteiger partial charge in [-0.3, -0.25) is 14.9 Å². The van der Waals surface area contributed by atoms with E-state index in [1.165, 1.54) is 19.1 Å². The number of Topliss-reactive ketones (excluding diaryl/α,β-unsaturated/α-hetero) is 1. The minimum absolute atomic E-state index is 0.0527. The number of halogens is 1. The highest BCUT2D eigenvalue weighted by molar-refractivity contribution is 6.39. The van der Waals surface area contributed by atoms with E-state index >= 15 is 0 Å². The Morgan fingerprint density at radius 2 is 2.25 bits per heavy atom. The zero-order chi connectivity index (χ0) is 17.4. The van der Waals surface area contributed by atoms with Crippen molar-refractivity contribution < 1.29 is 14.1 Å². The SMILES string of the molecule is CCC1CC(C(C)=O)=Nc2nc(-c3ccc([N+](=O)[O-])cc3F)nn21. The van der Waals surface area contributed by atoms with Gasteiger partial charge >= 0.3 is 0 Å². The third-order valence-corrected chi connectivity index (χ3v) is 3.91. The molecule has 1 unspecified atom stereocenters. The van der Waals surface area contributed by atoms with Crippen LogP contribution in [0, 0.1) is 15.9 Å². The molecule has 0 amide bonds. The third-order valence-electron chi connectivity index (χ3n) is 3.91. The Bertz CT molecular complexity index is 874. The maximum Gasteiger partial charge on any atom is 0.272 e. The van der Waals surface area contributed by atoms with Crippen molar-refractivity contribution in [2.45, 2.75) is 32.7 Å². The van der Waals surface area contributed by atoms with Gasteiger partial charge in [0.1, 0.15) is 5.82 Å². The van der Waals surface area contributed by atoms with Gasteiger partial charge in [0.25, 0.3) is 5.69 Å². The van der Waals surface area contributed by atoms with Gasteiger partial charge in [-0.1, -0.05) is 6.92 Å². The van der Waals surface area contributed by atoms with Crippen molar-refractivity contribution in [1.82, 2.24) is 14.8 Å². The molecule has 24 heavy (non-hydrogen) atoms. The molecule has 1 aliphatic rings. The second kappa shape index (κ2) is 5.91. The number of hydrogen-bond donors (Lipinski definition) is 0. The summed E-state index contributed by atoms with van der Waals surface area (Å²) in [5, 5.41) is 15.0. The number of rotatable bonds is 4. The first-order valence-corrected chi connectivity index (χ1v) is 7.40. The Morgan fingerprint density at radius 3 is 2.83 bits per heavy atom. The van der Waals surface area contributed by atoms with Crippen molar-refractivity contribution in [3.05, 3.63) is 34.1 Å². The molecule has 0 radical (unpaired) electrons. The number of carbonyl (C=O) groups is 1. The highest BCUT2D eigenvalue weighted by Gasteiger charge is 2.27. The van der Waals surface area contributed by atoms with E-state index in [2.05, 4.69) is 15.1 Å². The van der Waals surface area contributed by atoms with Crippen LogP contribution in [0.4, 0.5) is 16.0 Å². The predicted molar refractivity (Wildman–Crippen MR) is 83.8 cm³/mol. The second-order valence-corrected chi connectivity index (χ2v) is 5.48. The molecule has 3 rings (SSSR count). The molecule has 1 aliphatic heterocycles. The first-order valence-electron chi connectivity index (χ1n) is 7.40. The minimum atomic E-state index is -0.782. The molecule has 124 valence electrons. The summed E-state index contributed by atoms with van der Waals surface area (Å²) >= 11 is 0. The number of nitrogens with zero attached hydrogens (tertiary/aromatic N) is 5. The highest BCUT2D eigenvalue weighted by atomic mass is 19.1. The number of fused-ring (bicyclic) bond motifs is 1. The van der Waals surface area contributed by atoms with E-state index in [0.717, 1.165) is 6.07 Å². The van der Waals surface area contributed by atoms with Gasteiger partial charge in [0.05, 0.1) is 28.3 Å². The van der Waals surface area contributed by atoms with Crippen molar-refractivity contribution in [3.8, 4) is 11.4 Å². The number of carbonyl (C=O) groups excluding carboxylic acids is 1. The minimum Gasteiger partial charge on any atom is -0.293 e. The summed E-state index contributed by atoms with van der Waals surface area (Å²) in [6.45, 7) is 3.39. The Kier molecular flexibility index (Phi) is 3.92. The average molecular weight is 331 g/mol. The Labute approximate surface area is 136 Å². The lowest BCUT2D eigenvalue weighted by Gasteiger charge is -2.20. The normalized spacial score (nSPS) is 16.5. The lowest BCUT2D eigenvalue weighted by atomic mass is 10.0. The molecule has 0 saturated heterocycles. The second-order valence-electron chi connectivity index (χ2n) is 5.48. The Morgan fingerprint density at radius 1 is 1.50 bits per heavy atom. The van der Waals surface area contributed by atoms with Gasteiger partial charge in [0, 0.05) is 19.4 Å². The average Bonchev–Trinajstić information content (AvgIpc) is 2.97. The van der Waals surface area contributed by atoms with Gasteiger partial charge < -0.3 is 0 Å². The molecule has 8 nitrogen and oxygen atoms in total. The van der Waals surface area contributed by atoms with Crippen molar-refractivity contribution >= 4 is 23.1 Å². The van der Waals surface area contributed by atoms with Gasteiger partial charge in [-0.15, -0.1) is 5.10 Å². The van der Waals surface area contributed by atoms with Crippen LogP contribution in [-0.2, 0) is 4.79 Å². The van der Waals surface area contributed by atoms with E-state index in [-0.39, 0.29) is 34.8 Å². The van der Waals surface area contributed by atoms with Crippen LogP contribution in [0.1, 0.15) is 32.7 Å². The fourth-order valence-electron chi connectivity index (χ4n) is 2.57. The number of ketones is 1. The smallest absolute Gasteiger partial charge is 0.272 e. The molecule has 0 bridgehead atoms. The summed E-state index contributed by atoms with van der Waals surface area (Å²) in [6.07, 6.45) is 1.16. The molecular weight excluding hydrogens is 317 g/mol. The lowest BCUT2D eigenvalue weighted by molar-refractivity contribution is -0.385. The van der Waals surface area contributed by atoms with E-state index in [1.54, 1.807) is 4.68 Å². The summed E-state index contributed by atoms with van der Waals surface area (Å²) in [4.78, 5) is 30.0. The van der Waals surface area contributed by atoms with Crippen molar-refractivity contribution in [3.63, 3.8) is 0 Å². The van der Waals surface area contributed by atoms with Crippen LogP contribution in [0.15, 0.2) is 23.2 Å². The van der Waals surface area contributed by atoms with Crippen LogP contribution in [0.5, 0.6) is 0 Å². The van der Waals surface area contributed by atoms with E-state index < -0.39 is 10.7 Å². The third kappa shape index (κ3) is 2.68. The maximum atomic E-state index is 14.2. The number of non-ortho nitro benzene ring substituents is 1. The van der Waals surface area contributed by atoms with Crippen LogP contribution in [0.25, 0.3) is 11.4 Å². The van der Waals surface area contributed by atoms with Crippen LogP contribution in [0.2, 0.25) is 0 Å². The zero-order valence-electron chi connectivity index (χ0n) is 13.1. The molecule has 0 fully saturated rings. The quantitative estimate of drug-likeness (QED) is 0.633. The molecular formula is C15H14FN5O3. The van der Waals surface area contributed by atoms with E-state index in [1.807, 2.05) is 6.92 Å². The number of nitro groups is 1. The molecule has 1 aromatic heterocycles. The summed E-state index contributed by atoms with van der Waals surface area (Å²) in [5.74, 6) is -0.586. The molecule has 0 aliphatic carbocycles. The van der Waals surface area contributed by atoms with Gasteiger partial charge in [0.2, 0.25) is 5.95 Å². The van der Waals surface area contributed by atoms with Gasteiger partial charge in [-0.05, 0) is 12.5 Å². The number of nitro benzene ring substituents is 1. The van der Waals surface area contributed by atoms with Crippen LogP contribution >= 0.6 is 0 Å². The number of aromatic nitrogens is 3. The maximum absolute atomic E-state index is 14.2. The van der Waals surface area contributed by atoms with E-state index in [0.29, 0.717) is 18.6 Å². The van der Waals surface area contributed by atoms with E-state index in [9.17, 15) is 19.3 Å². The zero-order valence-corrected chi connectivity index (χ0v) is 13.1. The van der Waals surface area contributed by atoms with Crippen molar-refractivity contribution in [2.75, 3.05) is 0 Å². The molecule has 2 heterocycles. The first-order chi connectivity index (χ1) is 11.4. The monoisotopic (exact) mass is 331 g/mol. The molecule has 2 aromatic rings. The number of aliphatic imine (C=N–C) groups is 1. The van der Waals surface area contributed by atoms with Gasteiger partial charge in [-0.2, -0.15) is 4.98 Å². The van der Waals surface area contributed by atoms with Crippen LogP contribution < -0.4 is 0 Å². The molecule has 0 saturated carbocycles. The lowest BCUT2D eigenvalue weighted by Crippen LogP contribution is -2.23. The van der Waals surface area contributed by atoms with Crippen molar-refractivity contribution in [2.24, 2.45) is 4.99 Å². The van der Waals surface area contributed by atoms with Crippen molar-refractivity contribution in [1.29, 1.82) is 0 Å².